The van der Waals surface area contributed by atoms with Crippen molar-refractivity contribution < 1.29 is 9.53 Å². The van der Waals surface area contributed by atoms with E-state index in [2.05, 4.69) is 18.2 Å². The van der Waals surface area contributed by atoms with Gasteiger partial charge in [0.05, 0.1) is 30.5 Å². The second-order valence-corrected chi connectivity index (χ2v) is 6.88. The number of nitrogens with two attached hydrogens (primary N) is 1. The van der Waals surface area contributed by atoms with Gasteiger partial charge in [0, 0.05) is 31.8 Å². The van der Waals surface area contributed by atoms with E-state index in [0.717, 1.165) is 0 Å². The molecule has 1 amide bonds. The number of carbonyl (C=O) groups excluding carboxylic acids is 1. The third-order valence-corrected chi connectivity index (χ3v) is 5.56. The molecule has 2 aliphatic rings. The lowest BCUT2D eigenvalue weighted by Gasteiger charge is -2.45. The van der Waals surface area contributed by atoms with Crippen molar-refractivity contribution >= 4 is 5.91 Å². The van der Waals surface area contributed by atoms with E-state index in [4.69, 9.17) is 10.5 Å². The molecule has 0 fully saturated rings. The van der Waals surface area contributed by atoms with Crippen LogP contribution in [0.15, 0.2) is 47.2 Å². The van der Waals surface area contributed by atoms with Gasteiger partial charge in [-0.1, -0.05) is 18.2 Å². The fourth-order valence-electron chi connectivity index (χ4n) is 4.15. The van der Waals surface area contributed by atoms with E-state index < -0.39 is 17.3 Å². The molecule has 0 bridgehead atoms. The topological polar surface area (TPSA) is 127 Å². The highest BCUT2D eigenvalue weighted by atomic mass is 16.5. The number of allylic oxidation sites excluding steroid dienone is 2. The van der Waals surface area contributed by atoms with Crippen LogP contribution >= 0.6 is 0 Å². The van der Waals surface area contributed by atoms with Crippen molar-refractivity contribution in [1.82, 2.24) is 4.90 Å². The molecule has 0 radical (unpaired) electrons. The van der Waals surface area contributed by atoms with E-state index in [1.165, 1.54) is 14.0 Å². The maximum Gasteiger partial charge on any atom is 0.219 e. The molecule has 28 heavy (non-hydrogen) atoms. The van der Waals surface area contributed by atoms with Gasteiger partial charge < -0.3 is 15.4 Å². The SMILES string of the molecule is COc1cccc([C@@H]2[C@@H]3CN(C(C)=O)CC=C3C(C#N)=C(N)C2(C#N)C#N)c1. The summed E-state index contributed by atoms with van der Waals surface area (Å²) < 4.78 is 5.31. The summed E-state index contributed by atoms with van der Waals surface area (Å²) in [6.07, 6.45) is 1.80. The number of carbonyl (C=O) groups is 1. The molecule has 1 aromatic rings. The van der Waals surface area contributed by atoms with E-state index in [0.29, 0.717) is 30.0 Å². The normalized spacial score (nSPS) is 22.8. The van der Waals surface area contributed by atoms with Crippen LogP contribution in [0.5, 0.6) is 5.75 Å². The largest absolute Gasteiger partial charge is 0.497 e. The van der Waals surface area contributed by atoms with Crippen molar-refractivity contribution in [3.05, 3.63) is 52.7 Å². The second kappa shape index (κ2) is 7.10. The van der Waals surface area contributed by atoms with Crippen LogP contribution in [0, 0.1) is 45.3 Å². The molecule has 0 unspecified atom stereocenters. The molecule has 1 aromatic carbocycles. The predicted molar refractivity (Wildman–Crippen MR) is 100 cm³/mol. The minimum Gasteiger partial charge on any atom is -0.497 e. The molecule has 0 saturated heterocycles. The Labute approximate surface area is 163 Å². The molecule has 0 spiro atoms. The number of nitrogens with zero attached hydrogens (tertiary/aromatic N) is 4. The van der Waals surface area contributed by atoms with Gasteiger partial charge in [-0.15, -0.1) is 0 Å². The lowest BCUT2D eigenvalue weighted by molar-refractivity contribution is -0.129. The Balaban J connectivity index is 2.31. The summed E-state index contributed by atoms with van der Waals surface area (Å²) in [5.74, 6) is -0.588. The average molecular weight is 373 g/mol. The van der Waals surface area contributed by atoms with Crippen LogP contribution in [0.4, 0.5) is 0 Å². The minimum absolute atomic E-state index is 0.0356. The molecule has 140 valence electrons. The van der Waals surface area contributed by atoms with Crippen molar-refractivity contribution in [1.29, 1.82) is 15.8 Å². The van der Waals surface area contributed by atoms with Crippen molar-refractivity contribution in [2.45, 2.75) is 12.8 Å². The Morgan fingerprint density at radius 2 is 2.04 bits per heavy atom. The zero-order chi connectivity index (χ0) is 20.5. The number of fused-ring (bicyclic) bond motifs is 1. The molecule has 1 aliphatic carbocycles. The molecular formula is C21H19N5O2. The standard InChI is InChI=1S/C21H19N5O2/c1-13(27)26-7-6-16-17(9-22)20(25)21(11-23,12-24)19(18(16)10-26)14-4-3-5-15(8-14)28-2/h3-6,8,18-19H,7,10,25H2,1-2H3/t18-,19-/m1/s1. The molecule has 0 saturated carbocycles. The van der Waals surface area contributed by atoms with Gasteiger partial charge in [-0.05, 0) is 23.3 Å². The van der Waals surface area contributed by atoms with Crippen molar-refractivity contribution in [2.75, 3.05) is 20.2 Å². The molecule has 7 nitrogen and oxygen atoms in total. The third-order valence-electron chi connectivity index (χ3n) is 5.56. The number of rotatable bonds is 2. The minimum atomic E-state index is -1.72. The van der Waals surface area contributed by atoms with E-state index in [9.17, 15) is 20.6 Å². The first-order valence-corrected chi connectivity index (χ1v) is 8.76. The highest BCUT2D eigenvalue weighted by Gasteiger charge is 2.54. The lowest BCUT2D eigenvalue weighted by Crippen LogP contribution is -2.48. The maximum absolute atomic E-state index is 12.0. The van der Waals surface area contributed by atoms with Gasteiger partial charge in [0.15, 0.2) is 5.41 Å². The average Bonchev–Trinajstić information content (AvgIpc) is 2.72. The molecular weight excluding hydrogens is 354 g/mol. The number of benzene rings is 1. The van der Waals surface area contributed by atoms with Gasteiger partial charge in [-0.25, -0.2) is 0 Å². The quantitative estimate of drug-likeness (QED) is 0.844. The summed E-state index contributed by atoms with van der Waals surface area (Å²) in [5, 5.41) is 29.7. The second-order valence-electron chi connectivity index (χ2n) is 6.88. The summed E-state index contributed by atoms with van der Waals surface area (Å²) in [7, 11) is 1.54. The number of amides is 1. The molecule has 3 rings (SSSR count). The summed E-state index contributed by atoms with van der Waals surface area (Å²) in [6.45, 7) is 2.13. The van der Waals surface area contributed by atoms with Crippen LogP contribution in [0.25, 0.3) is 0 Å². The highest BCUT2D eigenvalue weighted by molar-refractivity contribution is 5.74. The van der Waals surface area contributed by atoms with Crippen LogP contribution < -0.4 is 10.5 Å². The molecule has 0 aromatic heterocycles. The van der Waals surface area contributed by atoms with E-state index in [1.807, 2.05) is 6.07 Å². The fourth-order valence-corrected chi connectivity index (χ4v) is 4.15. The monoisotopic (exact) mass is 373 g/mol. The summed E-state index contributed by atoms with van der Waals surface area (Å²) in [5.41, 5.74) is 6.04. The number of hydrogen-bond donors (Lipinski definition) is 1. The van der Waals surface area contributed by atoms with Gasteiger partial charge >= 0.3 is 0 Å². The van der Waals surface area contributed by atoms with Crippen LogP contribution in [-0.2, 0) is 4.79 Å². The molecule has 1 aliphatic heterocycles. The zero-order valence-corrected chi connectivity index (χ0v) is 15.6. The predicted octanol–water partition coefficient (Wildman–Crippen LogP) is 1.97. The van der Waals surface area contributed by atoms with Crippen LogP contribution in [-0.4, -0.2) is 31.0 Å². The first-order chi connectivity index (χ1) is 13.4. The van der Waals surface area contributed by atoms with E-state index in [1.54, 1.807) is 29.2 Å². The number of hydrogen-bond acceptors (Lipinski definition) is 6. The number of ether oxygens (including phenoxy) is 1. The summed E-state index contributed by atoms with van der Waals surface area (Å²) >= 11 is 0. The van der Waals surface area contributed by atoms with E-state index >= 15 is 0 Å². The van der Waals surface area contributed by atoms with Crippen molar-refractivity contribution in [3.8, 4) is 24.0 Å². The lowest BCUT2D eigenvalue weighted by atomic mass is 9.58. The Bertz CT molecular complexity index is 1000. The van der Waals surface area contributed by atoms with Crippen molar-refractivity contribution in [2.24, 2.45) is 17.1 Å². The van der Waals surface area contributed by atoms with Gasteiger partial charge in [0.2, 0.25) is 5.91 Å². The van der Waals surface area contributed by atoms with Gasteiger partial charge in [-0.2, -0.15) is 15.8 Å². The Morgan fingerprint density at radius 1 is 1.32 bits per heavy atom. The van der Waals surface area contributed by atoms with Gasteiger partial charge in [0.1, 0.15) is 11.8 Å². The molecule has 2 N–H and O–H groups in total. The highest BCUT2D eigenvalue weighted by Crippen LogP contribution is 2.54. The zero-order valence-electron chi connectivity index (χ0n) is 15.6. The van der Waals surface area contributed by atoms with Crippen LogP contribution in [0.3, 0.4) is 0 Å². The Hall–Kier alpha value is -3.76. The Morgan fingerprint density at radius 3 is 2.61 bits per heavy atom. The van der Waals surface area contributed by atoms with Gasteiger partial charge in [-0.3, -0.25) is 4.79 Å². The summed E-state index contributed by atoms with van der Waals surface area (Å²) in [6, 6.07) is 13.4. The smallest absolute Gasteiger partial charge is 0.219 e. The first-order valence-electron chi connectivity index (χ1n) is 8.76. The molecule has 7 heteroatoms. The fraction of sp³-hybridized carbons (Fsp3) is 0.333. The number of nitriles is 3. The van der Waals surface area contributed by atoms with Crippen LogP contribution in [0.1, 0.15) is 18.4 Å². The van der Waals surface area contributed by atoms with Gasteiger partial charge in [0.25, 0.3) is 0 Å². The van der Waals surface area contributed by atoms with Crippen molar-refractivity contribution in [3.63, 3.8) is 0 Å². The maximum atomic E-state index is 12.0. The Kier molecular flexibility index (Phi) is 4.82. The molecule has 1 heterocycles. The van der Waals surface area contributed by atoms with Crippen LogP contribution in [0.2, 0.25) is 0 Å². The number of methoxy groups -OCH3 is 1. The third kappa shape index (κ3) is 2.68. The molecule has 2 atom stereocenters. The first kappa shape index (κ1) is 19.0. The van der Waals surface area contributed by atoms with E-state index in [-0.39, 0.29) is 17.2 Å². The summed E-state index contributed by atoms with van der Waals surface area (Å²) in [4.78, 5) is 13.6.